The van der Waals surface area contributed by atoms with Crippen molar-refractivity contribution in [3.05, 3.63) is 35.9 Å². The van der Waals surface area contributed by atoms with Crippen LogP contribution in [0.4, 0.5) is 0 Å². The van der Waals surface area contributed by atoms with Crippen molar-refractivity contribution >= 4 is 23.9 Å². The van der Waals surface area contributed by atoms with Crippen LogP contribution in [-0.4, -0.2) is 67.5 Å². The molecular weight excluding hydrogens is 414 g/mol. The maximum Gasteiger partial charge on any atom is 0.245 e. The molecule has 1 heterocycles. The van der Waals surface area contributed by atoms with E-state index in [0.717, 1.165) is 44.3 Å². The number of piperidine rings is 1. The number of rotatable bonds is 7. The summed E-state index contributed by atoms with van der Waals surface area (Å²) in [4.78, 5) is 37.1. The summed E-state index contributed by atoms with van der Waals surface area (Å²) in [7, 11) is 3.86. The predicted molar refractivity (Wildman–Crippen MR) is 134 cm³/mol. The van der Waals surface area contributed by atoms with Crippen LogP contribution in [0.3, 0.4) is 0 Å². The largest absolute Gasteiger partial charge is 0.344 e. The molecule has 33 heavy (non-hydrogen) atoms. The SMILES string of the molecule is CN=CC1(NC(=O)C(CC2CCCCC2)N=C(NC(C)=O)c2ccccc2)CCN(C)CC1. The summed E-state index contributed by atoms with van der Waals surface area (Å²) in [5.74, 6) is 0.657. The molecule has 2 fully saturated rings. The number of hydrogen-bond acceptors (Lipinski definition) is 5. The molecule has 1 aromatic carbocycles. The number of amidine groups is 1. The maximum absolute atomic E-state index is 13.7. The van der Waals surface area contributed by atoms with Crippen molar-refractivity contribution < 1.29 is 9.59 Å². The monoisotopic (exact) mass is 453 g/mol. The molecule has 0 aromatic heterocycles. The van der Waals surface area contributed by atoms with Crippen LogP contribution in [0.5, 0.6) is 0 Å². The summed E-state index contributed by atoms with van der Waals surface area (Å²) in [5, 5.41) is 6.18. The van der Waals surface area contributed by atoms with Crippen LogP contribution in [0, 0.1) is 5.92 Å². The molecule has 1 atom stereocenters. The van der Waals surface area contributed by atoms with Gasteiger partial charge in [0.1, 0.15) is 11.9 Å². The van der Waals surface area contributed by atoms with Crippen molar-refractivity contribution in [3.63, 3.8) is 0 Å². The van der Waals surface area contributed by atoms with Gasteiger partial charge in [0.2, 0.25) is 11.8 Å². The minimum absolute atomic E-state index is 0.0798. The van der Waals surface area contributed by atoms with E-state index in [4.69, 9.17) is 4.99 Å². The highest BCUT2D eigenvalue weighted by Crippen LogP contribution is 2.29. The quantitative estimate of drug-likeness (QED) is 0.491. The zero-order chi connectivity index (χ0) is 23.7. The molecule has 2 amide bonds. The van der Waals surface area contributed by atoms with Gasteiger partial charge in [0.25, 0.3) is 0 Å². The molecule has 0 bridgehead atoms. The van der Waals surface area contributed by atoms with Gasteiger partial charge in [-0.05, 0) is 32.2 Å². The van der Waals surface area contributed by atoms with Crippen LogP contribution in [-0.2, 0) is 9.59 Å². The lowest BCUT2D eigenvalue weighted by molar-refractivity contribution is -0.124. The molecule has 3 rings (SSSR count). The Labute approximate surface area is 198 Å². The van der Waals surface area contributed by atoms with Gasteiger partial charge in [-0.3, -0.25) is 19.6 Å². The first kappa shape index (κ1) is 25.1. The first-order valence-corrected chi connectivity index (χ1v) is 12.3. The molecule has 1 aliphatic carbocycles. The summed E-state index contributed by atoms with van der Waals surface area (Å²) in [6.07, 6.45) is 10.2. The third-order valence-electron chi connectivity index (χ3n) is 6.84. The summed E-state index contributed by atoms with van der Waals surface area (Å²) in [6.45, 7) is 3.29. The fourth-order valence-electron chi connectivity index (χ4n) is 4.93. The Bertz CT molecular complexity index is 837. The molecule has 0 spiro atoms. The summed E-state index contributed by atoms with van der Waals surface area (Å²) in [6, 6.07) is 9.01. The van der Waals surface area contributed by atoms with Crippen molar-refractivity contribution in [2.75, 3.05) is 27.2 Å². The summed E-state index contributed by atoms with van der Waals surface area (Å²) >= 11 is 0. The third-order valence-corrected chi connectivity index (χ3v) is 6.84. The van der Waals surface area contributed by atoms with Crippen molar-refractivity contribution in [2.45, 2.75) is 69.9 Å². The van der Waals surface area contributed by atoms with Gasteiger partial charge in [-0.25, -0.2) is 0 Å². The van der Waals surface area contributed by atoms with E-state index >= 15 is 0 Å². The van der Waals surface area contributed by atoms with Crippen LogP contribution < -0.4 is 10.6 Å². The zero-order valence-electron chi connectivity index (χ0n) is 20.3. The Morgan fingerprint density at radius 3 is 2.42 bits per heavy atom. The maximum atomic E-state index is 13.7. The fourth-order valence-corrected chi connectivity index (χ4v) is 4.93. The van der Waals surface area contributed by atoms with Crippen LogP contribution in [0.25, 0.3) is 0 Å². The lowest BCUT2D eigenvalue weighted by Gasteiger charge is -2.39. The van der Waals surface area contributed by atoms with Gasteiger partial charge in [0, 0.05) is 38.8 Å². The van der Waals surface area contributed by atoms with Gasteiger partial charge in [-0.15, -0.1) is 0 Å². The number of nitrogens with zero attached hydrogens (tertiary/aromatic N) is 3. The first-order valence-electron chi connectivity index (χ1n) is 12.3. The van der Waals surface area contributed by atoms with Gasteiger partial charge in [0.05, 0.1) is 5.54 Å². The molecule has 0 radical (unpaired) electrons. The average Bonchev–Trinajstić information content (AvgIpc) is 2.81. The molecule has 1 unspecified atom stereocenters. The van der Waals surface area contributed by atoms with Gasteiger partial charge >= 0.3 is 0 Å². The highest BCUT2D eigenvalue weighted by Gasteiger charge is 2.36. The molecule has 1 aliphatic heterocycles. The standard InChI is InChI=1S/C26H39N5O2/c1-20(32)28-24(22-12-8-5-9-13-22)29-23(18-21-10-6-4-7-11-21)25(33)30-26(19-27-2)14-16-31(3)17-15-26/h5,8-9,12-13,19,21,23H,4,6-7,10-11,14-18H2,1-3H3,(H,30,33)(H,28,29,32). The lowest BCUT2D eigenvalue weighted by Crippen LogP contribution is -2.58. The highest BCUT2D eigenvalue weighted by molar-refractivity contribution is 6.08. The Morgan fingerprint density at radius 1 is 1.15 bits per heavy atom. The number of carbonyl (C=O) groups excluding carboxylic acids is 2. The average molecular weight is 454 g/mol. The number of benzene rings is 1. The number of nitrogens with one attached hydrogen (secondary N) is 2. The smallest absolute Gasteiger partial charge is 0.245 e. The minimum Gasteiger partial charge on any atom is -0.344 e. The molecule has 1 saturated heterocycles. The van der Waals surface area contributed by atoms with Crippen LogP contribution in [0.15, 0.2) is 40.3 Å². The minimum atomic E-state index is -0.558. The van der Waals surface area contributed by atoms with Crippen LogP contribution in [0.2, 0.25) is 0 Å². The van der Waals surface area contributed by atoms with Crippen molar-refractivity contribution in [1.82, 2.24) is 15.5 Å². The summed E-state index contributed by atoms with van der Waals surface area (Å²) < 4.78 is 0. The van der Waals surface area contributed by atoms with Gasteiger partial charge < -0.3 is 15.5 Å². The second kappa shape index (κ2) is 12.1. The Balaban J connectivity index is 1.89. The Morgan fingerprint density at radius 2 is 1.82 bits per heavy atom. The predicted octanol–water partition coefficient (Wildman–Crippen LogP) is 3.19. The zero-order valence-corrected chi connectivity index (χ0v) is 20.3. The second-order valence-corrected chi connectivity index (χ2v) is 9.62. The van der Waals surface area contributed by atoms with E-state index in [1.807, 2.05) is 36.5 Å². The van der Waals surface area contributed by atoms with Crippen LogP contribution >= 0.6 is 0 Å². The number of carbonyl (C=O) groups is 2. The fraction of sp³-hybridized carbons (Fsp3) is 0.615. The van der Waals surface area contributed by atoms with E-state index in [-0.39, 0.29) is 11.8 Å². The molecular formula is C26H39N5O2. The number of likely N-dealkylation sites (tertiary alicyclic amines) is 1. The van der Waals surface area contributed by atoms with E-state index in [1.54, 1.807) is 7.05 Å². The normalized spacial score (nSPS) is 21.0. The van der Waals surface area contributed by atoms with E-state index in [2.05, 4.69) is 27.6 Å². The Kier molecular flexibility index (Phi) is 9.18. The van der Waals surface area contributed by atoms with Crippen molar-refractivity contribution in [2.24, 2.45) is 15.9 Å². The van der Waals surface area contributed by atoms with Crippen molar-refractivity contribution in [3.8, 4) is 0 Å². The molecule has 2 N–H and O–H groups in total. The van der Waals surface area contributed by atoms with E-state index in [0.29, 0.717) is 18.2 Å². The molecule has 180 valence electrons. The highest BCUT2D eigenvalue weighted by atomic mass is 16.2. The van der Waals surface area contributed by atoms with E-state index in [1.165, 1.54) is 26.2 Å². The molecule has 2 aliphatic rings. The second-order valence-electron chi connectivity index (χ2n) is 9.62. The van der Waals surface area contributed by atoms with E-state index < -0.39 is 11.6 Å². The third kappa shape index (κ3) is 7.49. The van der Waals surface area contributed by atoms with Crippen LogP contribution in [0.1, 0.15) is 63.9 Å². The molecule has 7 heteroatoms. The molecule has 1 saturated carbocycles. The molecule has 1 aromatic rings. The van der Waals surface area contributed by atoms with Gasteiger partial charge in [-0.2, -0.15) is 0 Å². The number of aliphatic imine (C=N–C) groups is 2. The first-order chi connectivity index (χ1) is 15.9. The number of hydrogen-bond donors (Lipinski definition) is 2. The lowest BCUT2D eigenvalue weighted by atomic mass is 9.84. The Hall–Kier alpha value is -2.54. The van der Waals surface area contributed by atoms with Gasteiger partial charge in [0.15, 0.2) is 0 Å². The summed E-state index contributed by atoms with van der Waals surface area (Å²) in [5.41, 5.74) is 0.359. The topological polar surface area (TPSA) is 86.2 Å². The van der Waals surface area contributed by atoms with Crippen molar-refractivity contribution in [1.29, 1.82) is 0 Å². The molecule has 7 nitrogen and oxygen atoms in total. The van der Waals surface area contributed by atoms with E-state index in [9.17, 15) is 9.59 Å². The number of amides is 2. The van der Waals surface area contributed by atoms with Gasteiger partial charge in [-0.1, -0.05) is 62.4 Å².